The highest BCUT2D eigenvalue weighted by molar-refractivity contribution is 5.78. The molecule has 2 aliphatic rings. The summed E-state index contributed by atoms with van der Waals surface area (Å²) in [6.07, 6.45) is 7.25. The van der Waals surface area contributed by atoms with Gasteiger partial charge in [0.1, 0.15) is 23.7 Å². The minimum atomic E-state index is -0.260. The molecule has 0 saturated heterocycles. The van der Waals surface area contributed by atoms with Crippen molar-refractivity contribution >= 4 is 11.6 Å². The summed E-state index contributed by atoms with van der Waals surface area (Å²) in [5.74, 6) is 2.02. The molecule has 4 heterocycles. The number of aryl methyl sites for hydroxylation is 2. The summed E-state index contributed by atoms with van der Waals surface area (Å²) in [5.41, 5.74) is 4.81. The van der Waals surface area contributed by atoms with E-state index in [4.69, 9.17) is 4.74 Å². The van der Waals surface area contributed by atoms with Gasteiger partial charge < -0.3 is 10.1 Å². The lowest BCUT2D eigenvalue weighted by Gasteiger charge is -2.13. The van der Waals surface area contributed by atoms with Gasteiger partial charge in [0.25, 0.3) is 0 Å². The summed E-state index contributed by atoms with van der Waals surface area (Å²) >= 11 is 0. The van der Waals surface area contributed by atoms with Crippen LogP contribution in [0.15, 0.2) is 42.7 Å². The van der Waals surface area contributed by atoms with Crippen molar-refractivity contribution in [3.63, 3.8) is 0 Å². The summed E-state index contributed by atoms with van der Waals surface area (Å²) in [6.45, 7) is 2.22. The van der Waals surface area contributed by atoms with E-state index >= 15 is 0 Å². The minimum Gasteiger partial charge on any atom is -0.461 e. The van der Waals surface area contributed by atoms with E-state index in [1.807, 2.05) is 26.2 Å². The molecule has 1 aromatic carbocycles. The van der Waals surface area contributed by atoms with Crippen molar-refractivity contribution < 1.29 is 9.13 Å². The van der Waals surface area contributed by atoms with Gasteiger partial charge in [0.15, 0.2) is 5.65 Å². The molecule has 3 aromatic heterocycles. The van der Waals surface area contributed by atoms with Crippen LogP contribution in [0.4, 0.5) is 10.3 Å². The quantitative estimate of drug-likeness (QED) is 0.578. The third-order valence-electron chi connectivity index (χ3n) is 5.39. The summed E-state index contributed by atoms with van der Waals surface area (Å²) in [4.78, 5) is 4.54. The highest BCUT2D eigenvalue weighted by Crippen LogP contribution is 2.52. The Hall–Kier alpha value is -3.75. The maximum absolute atomic E-state index is 14.5. The third kappa shape index (κ3) is 2.36. The minimum absolute atomic E-state index is 0.108. The van der Waals surface area contributed by atoms with Crippen molar-refractivity contribution in [3.8, 4) is 16.9 Å². The van der Waals surface area contributed by atoms with Crippen LogP contribution >= 0.6 is 0 Å². The molecule has 0 unspecified atom stereocenters. The van der Waals surface area contributed by atoms with Gasteiger partial charge in [0, 0.05) is 48.2 Å². The number of halogens is 1. The molecular formula is C20H16FN7O. The van der Waals surface area contributed by atoms with E-state index in [0.29, 0.717) is 17.2 Å². The van der Waals surface area contributed by atoms with E-state index in [9.17, 15) is 4.39 Å². The van der Waals surface area contributed by atoms with Crippen LogP contribution in [0, 0.1) is 12.7 Å². The predicted molar refractivity (Wildman–Crippen MR) is 103 cm³/mol. The zero-order chi connectivity index (χ0) is 19.7. The molecule has 1 aliphatic heterocycles. The molecule has 0 radical (unpaired) electrons. The zero-order valence-corrected chi connectivity index (χ0v) is 15.7. The predicted octanol–water partition coefficient (Wildman–Crippen LogP) is 2.96. The van der Waals surface area contributed by atoms with Crippen LogP contribution < -0.4 is 10.1 Å². The van der Waals surface area contributed by atoms with E-state index < -0.39 is 0 Å². The Morgan fingerprint density at radius 2 is 2.17 bits per heavy atom. The number of nitrogens with zero attached hydrogens (tertiary/aromatic N) is 6. The van der Waals surface area contributed by atoms with Crippen molar-refractivity contribution in [2.75, 3.05) is 5.32 Å². The molecule has 0 amide bonds. The van der Waals surface area contributed by atoms with Gasteiger partial charge in [-0.15, -0.1) is 10.2 Å². The fraction of sp³-hybridized carbons (Fsp3) is 0.200. The van der Waals surface area contributed by atoms with Crippen molar-refractivity contribution in [1.29, 1.82) is 0 Å². The molecule has 6 rings (SSSR count). The maximum Gasteiger partial charge on any atom is 0.210 e. The van der Waals surface area contributed by atoms with Gasteiger partial charge >= 0.3 is 0 Å². The number of nitrogens with one attached hydrogen (secondary N) is 1. The second-order valence-electron chi connectivity index (χ2n) is 7.26. The Bertz CT molecular complexity index is 1340. The number of allylic oxidation sites excluding steroid dienone is 2. The van der Waals surface area contributed by atoms with Gasteiger partial charge in [-0.1, -0.05) is 0 Å². The monoisotopic (exact) mass is 389 g/mol. The first kappa shape index (κ1) is 16.2. The van der Waals surface area contributed by atoms with Gasteiger partial charge in [-0.05, 0) is 25.1 Å². The second-order valence-corrected chi connectivity index (χ2v) is 7.26. The molecule has 0 spiro atoms. The fourth-order valence-corrected chi connectivity index (χ4v) is 3.96. The Morgan fingerprint density at radius 3 is 3.00 bits per heavy atom. The zero-order valence-electron chi connectivity index (χ0n) is 15.7. The molecule has 0 fully saturated rings. The Labute approximate surface area is 164 Å². The van der Waals surface area contributed by atoms with E-state index in [-0.39, 0.29) is 18.3 Å². The van der Waals surface area contributed by atoms with Crippen LogP contribution in [-0.4, -0.2) is 29.4 Å². The van der Waals surface area contributed by atoms with Crippen molar-refractivity contribution in [3.05, 3.63) is 65.3 Å². The molecule has 1 aliphatic carbocycles. The third-order valence-corrected chi connectivity index (χ3v) is 5.39. The van der Waals surface area contributed by atoms with Crippen molar-refractivity contribution in [2.45, 2.75) is 19.4 Å². The van der Waals surface area contributed by atoms with Gasteiger partial charge in [0.05, 0.1) is 11.6 Å². The standard InChI is InChI=1S/C20H16FN7O/c1-10-14(8-27(2)26-10)12-6-22-20(28-9-24-25-19(12)28)23-7-13-15(21)3-4-16-18(13)11-5-17(11)29-16/h3-6,8-9,11H,7H2,1-2H3,(H,22,23)/t11-/m0/s1. The lowest BCUT2D eigenvalue weighted by molar-refractivity contribution is 0.466. The van der Waals surface area contributed by atoms with Crippen LogP contribution in [0.3, 0.4) is 0 Å². The van der Waals surface area contributed by atoms with Crippen LogP contribution in [0.2, 0.25) is 0 Å². The Morgan fingerprint density at radius 1 is 1.28 bits per heavy atom. The van der Waals surface area contributed by atoms with Crippen molar-refractivity contribution in [1.82, 2.24) is 29.4 Å². The van der Waals surface area contributed by atoms with Gasteiger partial charge in [-0.25, -0.2) is 9.37 Å². The molecule has 0 saturated carbocycles. The molecule has 144 valence electrons. The molecular weight excluding hydrogens is 373 g/mol. The Kier molecular flexibility index (Phi) is 3.15. The van der Waals surface area contributed by atoms with E-state index in [1.165, 1.54) is 6.07 Å². The molecule has 9 heteroatoms. The smallest absolute Gasteiger partial charge is 0.210 e. The number of aromatic nitrogens is 6. The largest absolute Gasteiger partial charge is 0.461 e. The summed E-state index contributed by atoms with van der Waals surface area (Å²) in [6, 6.07) is 3.12. The van der Waals surface area contributed by atoms with Crippen molar-refractivity contribution in [2.24, 2.45) is 7.05 Å². The first-order valence-corrected chi connectivity index (χ1v) is 9.24. The highest BCUT2D eigenvalue weighted by atomic mass is 19.1. The normalized spacial score (nSPS) is 16.4. The number of rotatable bonds is 4. The van der Waals surface area contributed by atoms with E-state index in [2.05, 4.69) is 25.6 Å². The molecule has 4 aromatic rings. The number of anilines is 1. The van der Waals surface area contributed by atoms with E-state index in [1.54, 1.807) is 27.7 Å². The molecule has 1 N–H and O–H groups in total. The Balaban J connectivity index is 1.36. The van der Waals surface area contributed by atoms with Gasteiger partial charge in [-0.2, -0.15) is 5.10 Å². The van der Waals surface area contributed by atoms with Crippen LogP contribution in [0.1, 0.15) is 22.7 Å². The number of fused-ring (bicyclic) bond motifs is 4. The SMILES string of the molecule is Cc1nn(C)cc1-c1cnc(NCc2c(F)ccc3c2[C@H]2C=C2O3)n2cnnc12. The number of benzene rings is 1. The lowest BCUT2D eigenvalue weighted by Crippen LogP contribution is -2.10. The van der Waals surface area contributed by atoms with E-state index in [0.717, 1.165) is 33.9 Å². The summed E-state index contributed by atoms with van der Waals surface area (Å²) < 4.78 is 23.7. The summed E-state index contributed by atoms with van der Waals surface area (Å²) in [5, 5.41) is 15.9. The number of hydrogen-bond acceptors (Lipinski definition) is 6. The molecule has 29 heavy (non-hydrogen) atoms. The van der Waals surface area contributed by atoms with Gasteiger partial charge in [-0.3, -0.25) is 9.08 Å². The lowest BCUT2D eigenvalue weighted by atomic mass is 10.0. The molecule has 1 atom stereocenters. The van der Waals surface area contributed by atoms with Crippen LogP contribution in [-0.2, 0) is 13.6 Å². The molecule has 8 nitrogen and oxygen atoms in total. The van der Waals surface area contributed by atoms with Crippen LogP contribution in [0.5, 0.6) is 5.75 Å². The fourth-order valence-electron chi connectivity index (χ4n) is 3.96. The van der Waals surface area contributed by atoms with Crippen LogP contribution in [0.25, 0.3) is 16.8 Å². The average Bonchev–Trinajstić information content (AvgIpc) is 3.04. The maximum atomic E-state index is 14.5. The first-order valence-electron chi connectivity index (χ1n) is 9.24. The average molecular weight is 389 g/mol. The second kappa shape index (κ2) is 5.63. The number of hydrogen-bond donors (Lipinski definition) is 1. The topological polar surface area (TPSA) is 82.2 Å². The van der Waals surface area contributed by atoms with Gasteiger partial charge in [0.2, 0.25) is 5.95 Å². The first-order chi connectivity index (χ1) is 14.1. The summed E-state index contributed by atoms with van der Waals surface area (Å²) in [7, 11) is 1.87. The number of ether oxygens (including phenoxy) is 1. The highest BCUT2D eigenvalue weighted by Gasteiger charge is 2.41. The molecule has 0 bridgehead atoms.